The fourth-order valence-corrected chi connectivity index (χ4v) is 3.28. The summed E-state index contributed by atoms with van der Waals surface area (Å²) < 4.78 is 0. The fourth-order valence-electron chi connectivity index (χ4n) is 3.28. The number of hydrogen-bond donors (Lipinski definition) is 3. The minimum absolute atomic E-state index is 0.00792. The van der Waals surface area contributed by atoms with Crippen molar-refractivity contribution in [2.75, 3.05) is 13.1 Å². The largest absolute Gasteiger partial charge is 0.361 e. The lowest BCUT2D eigenvalue weighted by Gasteiger charge is -2.06. The zero-order valence-corrected chi connectivity index (χ0v) is 14.8. The van der Waals surface area contributed by atoms with Crippen LogP contribution in [0.1, 0.15) is 38.2 Å². The van der Waals surface area contributed by atoms with Gasteiger partial charge in [-0.1, -0.05) is 38.0 Å². The van der Waals surface area contributed by atoms with E-state index in [0.717, 1.165) is 37.7 Å². The highest BCUT2D eigenvalue weighted by atomic mass is 16.2. The number of unbranched alkanes of at least 4 members (excludes halogenated alkanes) is 2. The van der Waals surface area contributed by atoms with E-state index in [4.69, 9.17) is 0 Å². The Kier molecular flexibility index (Phi) is 5.74. The van der Waals surface area contributed by atoms with Gasteiger partial charge in [-0.2, -0.15) is 0 Å². The van der Waals surface area contributed by atoms with E-state index in [9.17, 15) is 9.59 Å². The first-order valence-corrected chi connectivity index (χ1v) is 9.31. The van der Waals surface area contributed by atoms with Gasteiger partial charge in [-0.3, -0.25) is 9.59 Å². The summed E-state index contributed by atoms with van der Waals surface area (Å²) in [5.41, 5.74) is 2.32. The first-order valence-electron chi connectivity index (χ1n) is 9.31. The summed E-state index contributed by atoms with van der Waals surface area (Å²) in [6.45, 7) is 3.46. The van der Waals surface area contributed by atoms with Gasteiger partial charge in [-0.25, -0.2) is 0 Å². The predicted molar refractivity (Wildman–Crippen MR) is 99.1 cm³/mol. The molecule has 1 aromatic carbocycles. The van der Waals surface area contributed by atoms with Crippen LogP contribution in [-0.4, -0.2) is 29.9 Å². The van der Waals surface area contributed by atoms with Crippen molar-refractivity contribution >= 4 is 22.7 Å². The number of para-hydroxylation sites is 1. The van der Waals surface area contributed by atoms with Crippen molar-refractivity contribution in [1.82, 2.24) is 15.6 Å². The van der Waals surface area contributed by atoms with Crippen LogP contribution in [0.25, 0.3) is 10.9 Å². The van der Waals surface area contributed by atoms with E-state index in [1.54, 1.807) is 0 Å². The molecule has 3 N–H and O–H groups in total. The van der Waals surface area contributed by atoms with Gasteiger partial charge in [0.05, 0.1) is 11.8 Å². The maximum Gasteiger partial charge on any atom is 0.223 e. The molecule has 1 saturated carbocycles. The Morgan fingerprint density at radius 2 is 1.80 bits per heavy atom. The molecule has 2 atom stereocenters. The second kappa shape index (κ2) is 8.19. The number of aromatic amines is 1. The number of aromatic nitrogens is 1. The molecule has 25 heavy (non-hydrogen) atoms. The molecule has 0 bridgehead atoms. The molecular formula is C20H27N3O2. The van der Waals surface area contributed by atoms with Crippen molar-refractivity contribution in [3.05, 3.63) is 36.0 Å². The summed E-state index contributed by atoms with van der Waals surface area (Å²) in [4.78, 5) is 27.4. The van der Waals surface area contributed by atoms with Crippen LogP contribution >= 0.6 is 0 Å². The van der Waals surface area contributed by atoms with E-state index < -0.39 is 0 Å². The maximum absolute atomic E-state index is 12.2. The van der Waals surface area contributed by atoms with Crippen LogP contribution in [0.2, 0.25) is 0 Å². The van der Waals surface area contributed by atoms with E-state index in [2.05, 4.69) is 28.6 Å². The van der Waals surface area contributed by atoms with Crippen LogP contribution in [-0.2, 0) is 16.0 Å². The number of H-pyrrole nitrogens is 1. The Balaban J connectivity index is 1.38. The van der Waals surface area contributed by atoms with Gasteiger partial charge in [0.1, 0.15) is 0 Å². The first kappa shape index (κ1) is 17.5. The van der Waals surface area contributed by atoms with Crippen molar-refractivity contribution in [2.45, 2.75) is 39.0 Å². The molecule has 5 nitrogen and oxygen atoms in total. The third-order valence-electron chi connectivity index (χ3n) is 4.91. The monoisotopic (exact) mass is 341 g/mol. The van der Waals surface area contributed by atoms with E-state index in [1.165, 1.54) is 10.9 Å². The zero-order chi connectivity index (χ0) is 17.6. The molecule has 2 aromatic rings. The highest BCUT2D eigenvalue weighted by Crippen LogP contribution is 2.38. The Hall–Kier alpha value is -2.30. The topological polar surface area (TPSA) is 74.0 Å². The van der Waals surface area contributed by atoms with Crippen LogP contribution in [0.3, 0.4) is 0 Å². The summed E-state index contributed by atoms with van der Waals surface area (Å²) in [5.74, 6) is -0.231. The molecule has 1 fully saturated rings. The molecule has 0 spiro atoms. The second-order valence-corrected chi connectivity index (χ2v) is 6.85. The molecule has 0 saturated heterocycles. The highest BCUT2D eigenvalue weighted by molar-refractivity contribution is 5.92. The number of rotatable bonds is 9. The van der Waals surface area contributed by atoms with E-state index in [1.807, 2.05) is 24.4 Å². The van der Waals surface area contributed by atoms with Crippen molar-refractivity contribution in [2.24, 2.45) is 11.8 Å². The van der Waals surface area contributed by atoms with E-state index in [0.29, 0.717) is 13.0 Å². The summed E-state index contributed by atoms with van der Waals surface area (Å²) in [7, 11) is 0. The van der Waals surface area contributed by atoms with Crippen LogP contribution in [0, 0.1) is 11.8 Å². The van der Waals surface area contributed by atoms with Crippen molar-refractivity contribution < 1.29 is 9.59 Å². The van der Waals surface area contributed by atoms with Gasteiger partial charge in [0.15, 0.2) is 0 Å². The quantitative estimate of drug-likeness (QED) is 0.614. The Bertz CT molecular complexity index is 737. The molecule has 0 aliphatic heterocycles. The number of carbonyl (C=O) groups is 2. The first-order chi connectivity index (χ1) is 12.2. The molecule has 1 aliphatic carbocycles. The van der Waals surface area contributed by atoms with Crippen LogP contribution in [0.4, 0.5) is 0 Å². The Labute approximate surface area is 148 Å². The highest BCUT2D eigenvalue weighted by Gasteiger charge is 2.47. The lowest BCUT2D eigenvalue weighted by molar-refractivity contribution is -0.127. The predicted octanol–water partition coefficient (Wildman–Crippen LogP) is 2.77. The number of amides is 2. The number of fused-ring (bicyclic) bond motifs is 1. The molecule has 134 valence electrons. The van der Waals surface area contributed by atoms with Crippen LogP contribution in [0.5, 0.6) is 0 Å². The average Bonchev–Trinajstić information content (AvgIpc) is 3.34. The second-order valence-electron chi connectivity index (χ2n) is 6.85. The third-order valence-corrected chi connectivity index (χ3v) is 4.91. The smallest absolute Gasteiger partial charge is 0.223 e. The normalized spacial score (nSPS) is 18.9. The molecule has 2 amide bonds. The van der Waals surface area contributed by atoms with Gasteiger partial charge >= 0.3 is 0 Å². The number of hydrogen-bond acceptors (Lipinski definition) is 2. The SMILES string of the molecule is CCCCCNC(=O)C1CC1C(=O)NCCc1c[nH]c2ccccc12. The molecule has 3 rings (SSSR count). The number of carbonyl (C=O) groups excluding carboxylic acids is 2. The van der Waals surface area contributed by atoms with Gasteiger partial charge in [0.2, 0.25) is 11.8 Å². The Morgan fingerprint density at radius 1 is 1.08 bits per heavy atom. The minimum atomic E-state index is -0.144. The average molecular weight is 341 g/mol. The van der Waals surface area contributed by atoms with Gasteiger partial charge in [-0.15, -0.1) is 0 Å². The van der Waals surface area contributed by atoms with Gasteiger partial charge in [-0.05, 0) is 30.9 Å². The number of nitrogens with one attached hydrogen (secondary N) is 3. The number of benzene rings is 1. The lowest BCUT2D eigenvalue weighted by Crippen LogP contribution is -2.31. The van der Waals surface area contributed by atoms with Crippen molar-refractivity contribution in [3.63, 3.8) is 0 Å². The van der Waals surface area contributed by atoms with Crippen molar-refractivity contribution in [3.8, 4) is 0 Å². The maximum atomic E-state index is 12.2. The van der Waals surface area contributed by atoms with Crippen LogP contribution in [0.15, 0.2) is 30.5 Å². The molecule has 0 radical (unpaired) electrons. The lowest BCUT2D eigenvalue weighted by atomic mass is 10.1. The van der Waals surface area contributed by atoms with E-state index >= 15 is 0 Å². The van der Waals surface area contributed by atoms with E-state index in [-0.39, 0.29) is 23.7 Å². The summed E-state index contributed by atoms with van der Waals surface area (Å²) in [6.07, 6.45) is 6.75. The Morgan fingerprint density at radius 3 is 2.56 bits per heavy atom. The standard InChI is InChI=1S/C20H27N3O2/c1-2-3-6-10-21-19(24)16-12-17(16)20(25)22-11-9-14-13-23-18-8-5-4-7-15(14)18/h4-5,7-8,13,16-17,23H,2-3,6,9-12H2,1H3,(H,21,24)(H,22,25). The molecule has 1 heterocycles. The third kappa shape index (κ3) is 4.41. The van der Waals surface area contributed by atoms with Gasteiger partial charge in [0, 0.05) is 30.2 Å². The summed E-state index contributed by atoms with van der Waals surface area (Å²) >= 11 is 0. The summed E-state index contributed by atoms with van der Waals surface area (Å²) in [6, 6.07) is 8.16. The molecule has 1 aromatic heterocycles. The zero-order valence-electron chi connectivity index (χ0n) is 14.8. The van der Waals surface area contributed by atoms with Crippen LogP contribution < -0.4 is 10.6 Å². The molecular weight excluding hydrogens is 314 g/mol. The van der Waals surface area contributed by atoms with Gasteiger partial charge < -0.3 is 15.6 Å². The fraction of sp³-hybridized carbons (Fsp3) is 0.500. The molecule has 5 heteroatoms. The molecule has 1 aliphatic rings. The minimum Gasteiger partial charge on any atom is -0.361 e. The molecule has 2 unspecified atom stereocenters. The summed E-state index contributed by atoms with van der Waals surface area (Å²) in [5, 5.41) is 7.12. The van der Waals surface area contributed by atoms with Gasteiger partial charge in [0.25, 0.3) is 0 Å². The van der Waals surface area contributed by atoms with Crippen molar-refractivity contribution in [1.29, 1.82) is 0 Å².